The second kappa shape index (κ2) is 8.48. The number of nitrogens with one attached hydrogen (secondary N) is 2. The Morgan fingerprint density at radius 3 is 2.56 bits per heavy atom. The Morgan fingerprint density at radius 2 is 1.88 bits per heavy atom. The first kappa shape index (κ1) is 23.0. The molecule has 0 aromatic carbocycles. The Morgan fingerprint density at radius 1 is 1.18 bits per heavy atom. The van der Waals surface area contributed by atoms with Gasteiger partial charge in [0.1, 0.15) is 16.5 Å². The van der Waals surface area contributed by atoms with Gasteiger partial charge in [-0.25, -0.2) is 19.3 Å². The van der Waals surface area contributed by atoms with Gasteiger partial charge in [-0.05, 0) is 43.6 Å². The lowest BCUT2D eigenvalue weighted by Gasteiger charge is -2.47. The fourth-order valence-corrected chi connectivity index (χ4v) is 6.23. The molecule has 7 nitrogen and oxygen atoms in total. The molecule has 0 aliphatic heterocycles. The quantitative estimate of drug-likeness (QED) is 0.323. The van der Waals surface area contributed by atoms with Crippen molar-refractivity contribution < 1.29 is 18.7 Å². The average Bonchev–Trinajstić information content (AvgIpc) is 3.19. The van der Waals surface area contributed by atoms with Crippen LogP contribution in [0.15, 0.2) is 23.5 Å². The molecule has 3 N–H and O–H groups in total. The van der Waals surface area contributed by atoms with E-state index in [1.807, 2.05) is 20.8 Å². The highest BCUT2D eigenvalue weighted by atomic mass is 32.2. The van der Waals surface area contributed by atoms with Crippen molar-refractivity contribution >= 4 is 34.6 Å². The van der Waals surface area contributed by atoms with Crippen LogP contribution >= 0.6 is 11.8 Å². The number of carboxylic acid groups (broad SMARTS) is 1. The zero-order valence-corrected chi connectivity index (χ0v) is 20.0. The van der Waals surface area contributed by atoms with Gasteiger partial charge < -0.3 is 15.4 Å². The molecule has 34 heavy (non-hydrogen) atoms. The van der Waals surface area contributed by atoms with E-state index in [0.29, 0.717) is 16.6 Å². The lowest BCUT2D eigenvalue weighted by molar-refractivity contribution is -0.148. The molecule has 3 heterocycles. The Kier molecular flexibility index (Phi) is 5.74. The normalized spacial score (nSPS) is 24.5. The Balaban J connectivity index is 1.61. The number of aromatic amines is 1. The number of hydrogen-bond acceptors (Lipinski definition) is 6. The van der Waals surface area contributed by atoms with E-state index in [4.69, 9.17) is 0 Å². The number of aromatic nitrogens is 4. The summed E-state index contributed by atoms with van der Waals surface area (Å²) in [6.07, 6.45) is 6.35. The summed E-state index contributed by atoms with van der Waals surface area (Å²) < 4.78 is 29.3. The molecule has 3 aromatic rings. The van der Waals surface area contributed by atoms with Crippen LogP contribution in [0.4, 0.5) is 14.6 Å². The molecule has 6 rings (SSSR count). The smallest absolute Gasteiger partial charge is 0.308 e. The molecule has 3 aromatic heterocycles. The minimum Gasteiger partial charge on any atom is -0.481 e. The number of aliphatic carboxylic acids is 1. The number of hydrogen-bond donors (Lipinski definition) is 3. The second-order valence-corrected chi connectivity index (χ2v) is 12.0. The molecule has 0 saturated heterocycles. The fraction of sp³-hybridized carbons (Fsp3) is 0.500. The van der Waals surface area contributed by atoms with Gasteiger partial charge in [-0.1, -0.05) is 32.5 Å². The van der Waals surface area contributed by atoms with Crippen molar-refractivity contribution in [1.82, 2.24) is 19.9 Å². The van der Waals surface area contributed by atoms with Crippen molar-refractivity contribution in [2.75, 3.05) is 5.32 Å². The summed E-state index contributed by atoms with van der Waals surface area (Å²) in [7, 11) is 0. The maximum absolute atomic E-state index is 15.7. The van der Waals surface area contributed by atoms with Gasteiger partial charge in [0.05, 0.1) is 12.1 Å². The van der Waals surface area contributed by atoms with Crippen molar-refractivity contribution in [3.8, 4) is 11.4 Å². The van der Waals surface area contributed by atoms with Gasteiger partial charge in [-0.3, -0.25) is 4.79 Å². The first-order valence-corrected chi connectivity index (χ1v) is 12.3. The number of H-pyrrole nitrogens is 1. The summed E-state index contributed by atoms with van der Waals surface area (Å²) in [5.41, 5.74) is 0.972. The molecule has 0 unspecified atom stereocenters. The first-order valence-electron chi connectivity index (χ1n) is 11.5. The molecule has 3 fully saturated rings. The van der Waals surface area contributed by atoms with E-state index >= 15 is 4.39 Å². The number of anilines is 1. The molecule has 0 amide bonds. The number of carboxylic acids is 1. The largest absolute Gasteiger partial charge is 0.481 e. The van der Waals surface area contributed by atoms with Crippen LogP contribution in [0.25, 0.3) is 22.4 Å². The van der Waals surface area contributed by atoms with Crippen molar-refractivity contribution in [3.05, 3.63) is 30.1 Å². The van der Waals surface area contributed by atoms with Crippen LogP contribution in [0.1, 0.15) is 46.5 Å². The molecular formula is C24H27F2N5O2S. The topological polar surface area (TPSA) is 104 Å². The third-order valence-corrected chi connectivity index (χ3v) is 7.85. The number of thioether (sulfide) groups is 1. The first-order chi connectivity index (χ1) is 16.1. The molecular weight excluding hydrogens is 460 g/mol. The SMILES string of the molecule is CC(C)(C)Sc1nc(-c2c[nH]c3ncc(F)cc23)nc(N[C@H]2C3CCC(CC3)[C@@H]2C(=O)O)c1F. The summed E-state index contributed by atoms with van der Waals surface area (Å²) in [6.45, 7) is 5.87. The minimum absolute atomic E-state index is 0.0146. The number of pyridine rings is 1. The van der Waals surface area contributed by atoms with Gasteiger partial charge in [-0.15, -0.1) is 0 Å². The molecule has 0 radical (unpaired) electrons. The van der Waals surface area contributed by atoms with E-state index < -0.39 is 29.6 Å². The molecule has 2 bridgehead atoms. The molecule has 180 valence electrons. The second-order valence-electron chi connectivity index (χ2n) is 10.2. The van der Waals surface area contributed by atoms with Crippen molar-refractivity contribution in [2.45, 2.75) is 62.3 Å². The number of rotatable bonds is 5. The number of nitrogens with zero attached hydrogens (tertiary/aromatic N) is 3. The number of fused-ring (bicyclic) bond motifs is 4. The molecule has 10 heteroatoms. The van der Waals surface area contributed by atoms with Crippen LogP contribution in [-0.4, -0.2) is 41.8 Å². The minimum atomic E-state index is -0.857. The standard InChI is InChI=1S/C24H27F2N5O2S/c1-24(2,3)34-22-17(26)21(29-18-12-6-4-11(5-7-12)16(18)23(32)33)30-20(31-22)15-10-28-19-14(15)8-13(25)9-27-19/h8-12,16,18H,4-7H2,1-3H3,(H,27,28)(H,32,33)(H,29,30,31)/t11?,12?,16-,18-/m0/s1. The van der Waals surface area contributed by atoms with E-state index in [2.05, 4.69) is 25.3 Å². The van der Waals surface area contributed by atoms with Gasteiger partial charge in [0.25, 0.3) is 0 Å². The highest BCUT2D eigenvalue weighted by molar-refractivity contribution is 8.00. The monoisotopic (exact) mass is 487 g/mol. The van der Waals surface area contributed by atoms with E-state index in [1.165, 1.54) is 17.8 Å². The van der Waals surface area contributed by atoms with Crippen LogP contribution < -0.4 is 5.32 Å². The average molecular weight is 488 g/mol. The van der Waals surface area contributed by atoms with Crippen molar-refractivity contribution in [2.24, 2.45) is 17.8 Å². The van der Waals surface area contributed by atoms with Crippen LogP contribution in [-0.2, 0) is 4.79 Å². The van der Waals surface area contributed by atoms with Gasteiger partial charge in [0, 0.05) is 27.9 Å². The molecule has 2 atom stereocenters. The molecule has 3 aliphatic carbocycles. The lowest BCUT2D eigenvalue weighted by Crippen LogP contribution is -2.51. The van der Waals surface area contributed by atoms with Crippen molar-refractivity contribution in [1.29, 1.82) is 0 Å². The summed E-state index contributed by atoms with van der Waals surface area (Å²) in [4.78, 5) is 28.1. The summed E-state index contributed by atoms with van der Waals surface area (Å²) in [5, 5.41) is 13.7. The molecule has 3 aliphatic rings. The zero-order chi connectivity index (χ0) is 24.2. The summed E-state index contributed by atoms with van der Waals surface area (Å²) in [5.74, 6) is -2.11. The van der Waals surface area contributed by atoms with E-state index in [0.717, 1.165) is 31.9 Å². The third kappa shape index (κ3) is 4.23. The summed E-state index contributed by atoms with van der Waals surface area (Å²) >= 11 is 1.26. The van der Waals surface area contributed by atoms with Crippen LogP contribution in [0.5, 0.6) is 0 Å². The molecule has 0 spiro atoms. The van der Waals surface area contributed by atoms with Crippen LogP contribution in [0.2, 0.25) is 0 Å². The Bertz CT molecular complexity index is 1250. The maximum atomic E-state index is 15.7. The van der Waals surface area contributed by atoms with E-state index in [1.54, 1.807) is 6.20 Å². The molecule has 3 saturated carbocycles. The summed E-state index contributed by atoms with van der Waals surface area (Å²) in [6, 6.07) is 0.933. The Labute approximate surface area is 200 Å². The third-order valence-electron chi connectivity index (χ3n) is 6.77. The van der Waals surface area contributed by atoms with Crippen LogP contribution in [0, 0.1) is 29.4 Å². The fourth-order valence-electron chi connectivity index (χ4n) is 5.33. The van der Waals surface area contributed by atoms with Gasteiger partial charge in [0.15, 0.2) is 17.5 Å². The van der Waals surface area contributed by atoms with Gasteiger partial charge in [-0.2, -0.15) is 4.39 Å². The van der Waals surface area contributed by atoms with Gasteiger partial charge in [0.2, 0.25) is 0 Å². The van der Waals surface area contributed by atoms with E-state index in [9.17, 15) is 14.3 Å². The predicted octanol–water partition coefficient (Wildman–Crippen LogP) is 5.49. The Hall–Kier alpha value is -2.75. The van der Waals surface area contributed by atoms with Crippen LogP contribution in [0.3, 0.4) is 0 Å². The van der Waals surface area contributed by atoms with E-state index in [-0.39, 0.29) is 33.3 Å². The lowest BCUT2D eigenvalue weighted by atomic mass is 9.61. The predicted molar refractivity (Wildman–Crippen MR) is 127 cm³/mol. The zero-order valence-electron chi connectivity index (χ0n) is 19.2. The highest BCUT2D eigenvalue weighted by Gasteiger charge is 2.47. The maximum Gasteiger partial charge on any atom is 0.308 e. The van der Waals surface area contributed by atoms with Gasteiger partial charge >= 0.3 is 5.97 Å². The van der Waals surface area contributed by atoms with Crippen molar-refractivity contribution in [3.63, 3.8) is 0 Å². The number of halogens is 2. The number of carbonyl (C=O) groups is 1. The highest BCUT2D eigenvalue weighted by Crippen LogP contribution is 2.47.